The lowest BCUT2D eigenvalue weighted by atomic mass is 9.56. The molecule has 0 radical (unpaired) electrons. The second kappa shape index (κ2) is 11.4. The van der Waals surface area contributed by atoms with E-state index in [1.807, 2.05) is 0 Å². The van der Waals surface area contributed by atoms with Crippen molar-refractivity contribution in [1.82, 2.24) is 9.97 Å². The van der Waals surface area contributed by atoms with Gasteiger partial charge in [-0.15, -0.1) is 0 Å². The van der Waals surface area contributed by atoms with Gasteiger partial charge in [0, 0.05) is 16.5 Å². The van der Waals surface area contributed by atoms with Crippen molar-refractivity contribution < 1.29 is 0 Å². The van der Waals surface area contributed by atoms with E-state index in [-0.39, 0.29) is 16.2 Å². The van der Waals surface area contributed by atoms with Crippen molar-refractivity contribution in [1.29, 1.82) is 0 Å². The number of nitrogens with zero attached hydrogens (tertiary/aromatic N) is 2. The predicted molar refractivity (Wildman–Crippen MR) is 201 cm³/mol. The summed E-state index contributed by atoms with van der Waals surface area (Å²) in [6.45, 7) is 18.2. The second-order valence-corrected chi connectivity index (χ2v) is 15.9. The maximum Gasteiger partial charge on any atom is 0.105 e. The van der Waals surface area contributed by atoms with E-state index in [9.17, 15) is 0 Å². The highest BCUT2D eigenvalue weighted by molar-refractivity contribution is 5.70. The van der Waals surface area contributed by atoms with E-state index in [1.165, 1.54) is 33.4 Å². The zero-order valence-electron chi connectivity index (χ0n) is 29.6. The van der Waals surface area contributed by atoms with Crippen LogP contribution >= 0.6 is 0 Å². The number of fused-ring (bicyclic) bond motifs is 2. The number of rotatable bonds is 4. The lowest BCUT2D eigenvalue weighted by molar-refractivity contribution is 0.546. The Morgan fingerprint density at radius 1 is 0.396 bits per heavy atom. The first kappa shape index (κ1) is 31.8. The summed E-state index contributed by atoms with van der Waals surface area (Å²) in [5, 5.41) is 0. The Morgan fingerprint density at radius 3 is 1.10 bits per heavy atom. The Labute approximate surface area is 287 Å². The van der Waals surface area contributed by atoms with E-state index < -0.39 is 5.41 Å². The van der Waals surface area contributed by atoms with Gasteiger partial charge in [0.15, 0.2) is 0 Å². The zero-order chi connectivity index (χ0) is 33.9. The second-order valence-electron chi connectivity index (χ2n) is 15.9. The minimum absolute atomic E-state index is 0.0872. The monoisotopic (exact) mass is 626 g/mol. The average Bonchev–Trinajstić information content (AvgIpc) is 3.08. The summed E-state index contributed by atoms with van der Waals surface area (Å²) < 4.78 is 0. The molecular formula is C46H46N2. The minimum atomic E-state index is -0.731. The number of pyridine rings is 2. The third kappa shape index (κ3) is 5.19. The molecule has 0 amide bonds. The molecule has 0 unspecified atom stereocenters. The molecule has 240 valence electrons. The van der Waals surface area contributed by atoms with Gasteiger partial charge in [0.05, 0.1) is 22.8 Å². The summed E-state index contributed by atoms with van der Waals surface area (Å²) in [7, 11) is 0. The molecule has 48 heavy (non-hydrogen) atoms. The quantitative estimate of drug-likeness (QED) is 0.195. The van der Waals surface area contributed by atoms with Crippen LogP contribution in [0.3, 0.4) is 0 Å². The maximum atomic E-state index is 5.55. The van der Waals surface area contributed by atoms with Gasteiger partial charge in [-0.2, -0.15) is 0 Å². The molecule has 0 fully saturated rings. The Hall–Kier alpha value is -4.82. The molecule has 1 aliphatic carbocycles. The van der Waals surface area contributed by atoms with Crippen LogP contribution in [0.1, 0.15) is 100 Å². The number of aromatic nitrogens is 2. The SMILES string of the molecule is CC(C)(C)c1ccc(-c2cccc(C3(c4cccc(-c5ccc(C(C)(C)C)cc5)n4)c4ccccc4C(C)(C)c4ccccc43)n2)cc1. The molecule has 2 aromatic heterocycles. The van der Waals surface area contributed by atoms with E-state index in [2.05, 4.69) is 189 Å². The van der Waals surface area contributed by atoms with Crippen LogP contribution in [0.15, 0.2) is 133 Å². The van der Waals surface area contributed by atoms with Gasteiger partial charge in [-0.1, -0.05) is 165 Å². The Morgan fingerprint density at radius 2 is 0.750 bits per heavy atom. The summed E-state index contributed by atoms with van der Waals surface area (Å²) >= 11 is 0. The first-order valence-electron chi connectivity index (χ1n) is 17.2. The molecule has 6 aromatic rings. The van der Waals surface area contributed by atoms with Gasteiger partial charge in [-0.05, 0) is 68.5 Å². The highest BCUT2D eigenvalue weighted by Gasteiger charge is 2.50. The van der Waals surface area contributed by atoms with E-state index in [1.54, 1.807) is 0 Å². The first-order chi connectivity index (χ1) is 22.8. The summed E-state index contributed by atoms with van der Waals surface area (Å²) in [6, 6.07) is 48.7. The number of benzene rings is 4. The van der Waals surface area contributed by atoms with E-state index >= 15 is 0 Å². The fraction of sp³-hybridized carbons (Fsp3) is 0.261. The fourth-order valence-electron chi connectivity index (χ4n) is 7.57. The maximum absolute atomic E-state index is 5.55. The highest BCUT2D eigenvalue weighted by Crippen LogP contribution is 2.55. The van der Waals surface area contributed by atoms with Gasteiger partial charge in [0.2, 0.25) is 0 Å². The molecule has 4 aromatic carbocycles. The van der Waals surface area contributed by atoms with Crippen LogP contribution in [0.5, 0.6) is 0 Å². The summed E-state index contributed by atoms with van der Waals surface area (Å²) in [5.74, 6) is 0. The third-order valence-electron chi connectivity index (χ3n) is 10.4. The van der Waals surface area contributed by atoms with Crippen molar-refractivity contribution in [3.63, 3.8) is 0 Å². The van der Waals surface area contributed by atoms with Crippen molar-refractivity contribution in [3.8, 4) is 22.5 Å². The lowest BCUT2D eigenvalue weighted by Gasteiger charge is -2.46. The topological polar surface area (TPSA) is 25.8 Å². The van der Waals surface area contributed by atoms with Gasteiger partial charge in [-0.25, -0.2) is 0 Å². The molecule has 0 bridgehead atoms. The van der Waals surface area contributed by atoms with Crippen molar-refractivity contribution >= 4 is 0 Å². The largest absolute Gasteiger partial charge is 0.251 e. The number of hydrogen-bond acceptors (Lipinski definition) is 2. The van der Waals surface area contributed by atoms with Crippen LogP contribution in [0, 0.1) is 0 Å². The van der Waals surface area contributed by atoms with Crippen molar-refractivity contribution in [2.75, 3.05) is 0 Å². The summed E-state index contributed by atoms with van der Waals surface area (Å²) in [6.07, 6.45) is 0. The van der Waals surface area contributed by atoms with Gasteiger partial charge in [0.1, 0.15) is 5.41 Å². The molecule has 7 rings (SSSR count). The van der Waals surface area contributed by atoms with Crippen molar-refractivity contribution in [3.05, 3.63) is 178 Å². The van der Waals surface area contributed by atoms with Crippen LogP contribution in [-0.4, -0.2) is 9.97 Å². The van der Waals surface area contributed by atoms with Crippen LogP contribution in [0.25, 0.3) is 22.5 Å². The molecule has 0 saturated heterocycles. The minimum Gasteiger partial charge on any atom is -0.251 e. The molecule has 0 N–H and O–H groups in total. The molecule has 2 heteroatoms. The average molecular weight is 627 g/mol. The van der Waals surface area contributed by atoms with E-state index in [0.717, 1.165) is 33.9 Å². The smallest absolute Gasteiger partial charge is 0.105 e. The predicted octanol–water partition coefficient (Wildman–Crippen LogP) is 11.4. The molecule has 0 aliphatic heterocycles. The summed E-state index contributed by atoms with van der Waals surface area (Å²) in [4.78, 5) is 11.1. The molecule has 1 aliphatic rings. The molecule has 0 spiro atoms. The normalized spacial score (nSPS) is 15.0. The van der Waals surface area contributed by atoms with E-state index in [0.29, 0.717) is 0 Å². The molecular weight excluding hydrogens is 581 g/mol. The van der Waals surface area contributed by atoms with Crippen LogP contribution < -0.4 is 0 Å². The van der Waals surface area contributed by atoms with Crippen LogP contribution in [0.4, 0.5) is 0 Å². The van der Waals surface area contributed by atoms with Gasteiger partial charge < -0.3 is 0 Å². The molecule has 2 heterocycles. The third-order valence-corrected chi connectivity index (χ3v) is 10.4. The molecule has 0 saturated carbocycles. The van der Waals surface area contributed by atoms with Crippen LogP contribution in [-0.2, 0) is 21.7 Å². The standard InChI is InChI=1S/C46H46N2/c1-43(2,3)33-27-23-31(24-28-33)39-19-13-21-41(47-39)46(37-17-11-9-15-35(37)45(7,8)36-16-10-12-18-38(36)46)42-22-14-20-40(48-42)32-25-29-34(30-26-32)44(4,5)6/h9-30H,1-8H3. The van der Waals surface area contributed by atoms with Crippen molar-refractivity contribution in [2.24, 2.45) is 0 Å². The highest BCUT2D eigenvalue weighted by atomic mass is 14.8. The Balaban J connectivity index is 1.50. The first-order valence-corrected chi connectivity index (χ1v) is 17.2. The molecule has 2 nitrogen and oxygen atoms in total. The van der Waals surface area contributed by atoms with Gasteiger partial charge >= 0.3 is 0 Å². The van der Waals surface area contributed by atoms with Crippen molar-refractivity contribution in [2.45, 2.75) is 77.0 Å². The molecule has 0 atom stereocenters. The van der Waals surface area contributed by atoms with E-state index in [4.69, 9.17) is 9.97 Å². The fourth-order valence-corrected chi connectivity index (χ4v) is 7.57. The van der Waals surface area contributed by atoms with Gasteiger partial charge in [-0.3, -0.25) is 9.97 Å². The zero-order valence-corrected chi connectivity index (χ0v) is 29.6. The Kier molecular flexibility index (Phi) is 7.55. The van der Waals surface area contributed by atoms with Crippen LogP contribution in [0.2, 0.25) is 0 Å². The number of hydrogen-bond donors (Lipinski definition) is 0. The van der Waals surface area contributed by atoms with Gasteiger partial charge in [0.25, 0.3) is 0 Å². The Bertz CT molecular complexity index is 1950. The lowest BCUT2D eigenvalue weighted by Crippen LogP contribution is -2.43. The summed E-state index contributed by atoms with van der Waals surface area (Å²) in [5.41, 5.74) is 13.0.